The number of anilines is 1. The normalized spacial score (nSPS) is 22.9. The van der Waals surface area contributed by atoms with Crippen molar-refractivity contribution < 1.29 is 19.2 Å². The summed E-state index contributed by atoms with van der Waals surface area (Å²) >= 11 is 0. The molecule has 1 saturated heterocycles. The molecule has 2 atom stereocenters. The van der Waals surface area contributed by atoms with Gasteiger partial charge in [-0.1, -0.05) is 42.8 Å². The quantitative estimate of drug-likeness (QED) is 0.271. The first-order valence-electron chi connectivity index (χ1n) is 8.43. The van der Waals surface area contributed by atoms with E-state index in [0.29, 0.717) is 16.8 Å². The number of nitro groups is 1. The Morgan fingerprint density at radius 2 is 1.89 bits per heavy atom. The van der Waals surface area contributed by atoms with Gasteiger partial charge in [0.15, 0.2) is 0 Å². The number of carbonyl (C=O) groups excluding carboxylic acids is 2. The molecule has 2 aliphatic heterocycles. The minimum absolute atomic E-state index is 0.0224. The average Bonchev–Trinajstić information content (AvgIpc) is 3.09. The van der Waals surface area contributed by atoms with Gasteiger partial charge in [-0.25, -0.2) is 4.79 Å². The first kappa shape index (κ1) is 17.5. The van der Waals surface area contributed by atoms with E-state index < -0.39 is 28.3 Å². The van der Waals surface area contributed by atoms with E-state index in [9.17, 15) is 19.7 Å². The van der Waals surface area contributed by atoms with Crippen molar-refractivity contribution in [3.05, 3.63) is 81.9 Å². The van der Waals surface area contributed by atoms with E-state index in [2.05, 4.69) is 12.5 Å². The van der Waals surface area contributed by atoms with E-state index in [0.717, 1.165) is 0 Å². The maximum atomic E-state index is 13.4. The number of para-hydroxylation sites is 1. The van der Waals surface area contributed by atoms with Crippen LogP contribution in [0, 0.1) is 22.5 Å². The van der Waals surface area contributed by atoms with Gasteiger partial charge in [-0.05, 0) is 11.6 Å². The van der Waals surface area contributed by atoms with Crippen molar-refractivity contribution in [2.45, 2.75) is 11.5 Å². The number of terminal acetylenes is 1. The second-order valence-electron chi connectivity index (χ2n) is 6.54. The summed E-state index contributed by atoms with van der Waals surface area (Å²) < 4.78 is 5.65. The second kappa shape index (κ2) is 6.06. The predicted octanol–water partition coefficient (Wildman–Crippen LogP) is 2.67. The van der Waals surface area contributed by atoms with Crippen LogP contribution in [0.3, 0.4) is 0 Å². The zero-order valence-electron chi connectivity index (χ0n) is 14.6. The largest absolute Gasteiger partial charge is 0.439 e. The lowest BCUT2D eigenvalue weighted by Gasteiger charge is -2.28. The molecule has 0 saturated carbocycles. The monoisotopic (exact) mass is 374 g/mol. The maximum Gasteiger partial charge on any atom is 0.335 e. The minimum atomic E-state index is -1.63. The summed E-state index contributed by atoms with van der Waals surface area (Å²) in [6, 6.07) is 12.6. The van der Waals surface area contributed by atoms with Crippen LogP contribution in [-0.4, -0.2) is 23.3 Å². The maximum absolute atomic E-state index is 13.4. The number of hydrogen-bond acceptors (Lipinski definition) is 5. The molecule has 0 bridgehead atoms. The number of nitrogens with zero attached hydrogens (tertiary/aromatic N) is 2. The summed E-state index contributed by atoms with van der Waals surface area (Å²) in [5.74, 6) is 0.487. The van der Waals surface area contributed by atoms with Gasteiger partial charge in [-0.3, -0.25) is 19.8 Å². The molecule has 2 aliphatic rings. The molecule has 0 aliphatic carbocycles. The zero-order valence-corrected chi connectivity index (χ0v) is 14.6. The van der Waals surface area contributed by atoms with Gasteiger partial charge in [-0.15, -0.1) is 6.42 Å². The van der Waals surface area contributed by atoms with Crippen LogP contribution in [0.25, 0.3) is 0 Å². The highest BCUT2D eigenvalue weighted by Gasteiger charge is 2.64. The highest BCUT2D eigenvalue weighted by molar-refractivity contribution is 6.13. The molecular weight excluding hydrogens is 360 g/mol. The van der Waals surface area contributed by atoms with Gasteiger partial charge in [-0.2, -0.15) is 0 Å². The summed E-state index contributed by atoms with van der Waals surface area (Å²) in [5, 5.41) is 11.0. The summed E-state index contributed by atoms with van der Waals surface area (Å²) in [6.45, 7) is 3.85. The standard InChI is InChI=1S/C21H14N2O5/c1-3-12-22-17-7-5-4-6-16(17)21(20(22)25)18(13(2)19(24)28-21)14-8-10-15(11-9-14)23(26)27/h1,4-11,18H,2,12H2/t18-,21-/m0/s1. The molecule has 138 valence electrons. The molecule has 7 nitrogen and oxygen atoms in total. The third-order valence-electron chi connectivity index (χ3n) is 5.12. The number of non-ortho nitro benzene ring substituents is 1. The minimum Gasteiger partial charge on any atom is -0.439 e. The van der Waals surface area contributed by atoms with Gasteiger partial charge < -0.3 is 4.74 Å². The lowest BCUT2D eigenvalue weighted by Crippen LogP contribution is -2.43. The summed E-state index contributed by atoms with van der Waals surface area (Å²) in [7, 11) is 0. The topological polar surface area (TPSA) is 89.8 Å². The Labute approximate surface area is 160 Å². The highest BCUT2D eigenvalue weighted by Crippen LogP contribution is 2.56. The Hall–Kier alpha value is -3.92. The number of fused-ring (bicyclic) bond motifs is 2. The Bertz CT molecular complexity index is 1080. The van der Waals surface area contributed by atoms with Crippen molar-refractivity contribution in [2.75, 3.05) is 11.4 Å². The Morgan fingerprint density at radius 1 is 1.21 bits per heavy atom. The van der Waals surface area contributed by atoms with Crippen LogP contribution in [0.5, 0.6) is 0 Å². The van der Waals surface area contributed by atoms with Crippen molar-refractivity contribution in [3.63, 3.8) is 0 Å². The number of nitro benzene ring substituents is 1. The van der Waals surface area contributed by atoms with E-state index in [1.54, 1.807) is 24.3 Å². The Morgan fingerprint density at radius 3 is 2.54 bits per heavy atom. The molecule has 28 heavy (non-hydrogen) atoms. The summed E-state index contributed by atoms with van der Waals surface area (Å²) in [6.07, 6.45) is 5.43. The fourth-order valence-corrected chi connectivity index (χ4v) is 3.93. The van der Waals surface area contributed by atoms with Crippen molar-refractivity contribution in [2.24, 2.45) is 0 Å². The number of hydrogen-bond donors (Lipinski definition) is 0. The van der Waals surface area contributed by atoms with Gasteiger partial charge in [0.25, 0.3) is 11.6 Å². The van der Waals surface area contributed by atoms with Crippen LogP contribution in [0.4, 0.5) is 11.4 Å². The van der Waals surface area contributed by atoms with Crippen LogP contribution in [0.2, 0.25) is 0 Å². The average molecular weight is 374 g/mol. The highest BCUT2D eigenvalue weighted by atomic mass is 16.6. The van der Waals surface area contributed by atoms with E-state index in [-0.39, 0.29) is 17.8 Å². The smallest absolute Gasteiger partial charge is 0.335 e. The van der Waals surface area contributed by atoms with Crippen molar-refractivity contribution in [3.8, 4) is 12.3 Å². The number of carbonyl (C=O) groups is 2. The number of rotatable bonds is 3. The third-order valence-corrected chi connectivity index (χ3v) is 5.12. The Kier molecular flexibility index (Phi) is 3.79. The van der Waals surface area contributed by atoms with E-state index in [4.69, 9.17) is 11.2 Å². The molecule has 7 heteroatoms. The molecule has 0 unspecified atom stereocenters. The summed E-state index contributed by atoms with van der Waals surface area (Å²) in [5.41, 5.74) is -0.00414. The first-order chi connectivity index (χ1) is 13.4. The lowest BCUT2D eigenvalue weighted by molar-refractivity contribution is -0.384. The van der Waals surface area contributed by atoms with Gasteiger partial charge in [0.05, 0.1) is 23.1 Å². The van der Waals surface area contributed by atoms with Crippen LogP contribution in [0.15, 0.2) is 60.7 Å². The molecule has 0 aromatic heterocycles. The van der Waals surface area contributed by atoms with Gasteiger partial charge in [0, 0.05) is 23.3 Å². The van der Waals surface area contributed by atoms with Gasteiger partial charge >= 0.3 is 5.97 Å². The predicted molar refractivity (Wildman–Crippen MR) is 100 cm³/mol. The number of ether oxygens (including phenoxy) is 1. The van der Waals surface area contributed by atoms with Crippen LogP contribution < -0.4 is 4.90 Å². The molecule has 2 heterocycles. The molecule has 1 fully saturated rings. The number of benzene rings is 2. The zero-order chi connectivity index (χ0) is 20.1. The molecule has 1 spiro atoms. The van der Waals surface area contributed by atoms with Crippen molar-refractivity contribution in [1.82, 2.24) is 0 Å². The number of esters is 1. The van der Waals surface area contributed by atoms with Crippen molar-refractivity contribution >= 4 is 23.3 Å². The molecule has 1 amide bonds. The van der Waals surface area contributed by atoms with E-state index >= 15 is 0 Å². The molecule has 0 N–H and O–H groups in total. The van der Waals surface area contributed by atoms with Crippen LogP contribution >= 0.6 is 0 Å². The van der Waals surface area contributed by atoms with Crippen molar-refractivity contribution in [1.29, 1.82) is 0 Å². The molecule has 2 aromatic carbocycles. The van der Waals surface area contributed by atoms with Crippen LogP contribution in [-0.2, 0) is 19.9 Å². The number of amides is 1. The van der Waals surface area contributed by atoms with Gasteiger partial charge in [0.2, 0.25) is 5.60 Å². The fraction of sp³-hybridized carbons (Fsp3) is 0.143. The lowest BCUT2D eigenvalue weighted by atomic mass is 9.76. The molecule has 0 radical (unpaired) electrons. The Balaban J connectivity index is 1.93. The first-order valence-corrected chi connectivity index (χ1v) is 8.43. The fourth-order valence-electron chi connectivity index (χ4n) is 3.93. The van der Waals surface area contributed by atoms with Crippen LogP contribution in [0.1, 0.15) is 17.0 Å². The van der Waals surface area contributed by atoms with E-state index in [1.807, 2.05) is 0 Å². The SMILES string of the molecule is C#CCN1C(=O)[C@]2(OC(=O)C(=C)[C@H]2c2ccc([N+](=O)[O-])cc2)c2ccccc21. The molecular formula is C21H14N2O5. The third kappa shape index (κ3) is 2.18. The van der Waals surface area contributed by atoms with Gasteiger partial charge in [0.1, 0.15) is 0 Å². The molecule has 4 rings (SSSR count). The summed E-state index contributed by atoms with van der Waals surface area (Å²) in [4.78, 5) is 37.7. The van der Waals surface area contributed by atoms with E-state index in [1.165, 1.54) is 29.2 Å². The second-order valence-corrected chi connectivity index (χ2v) is 6.54. The molecule has 2 aromatic rings.